The van der Waals surface area contributed by atoms with Gasteiger partial charge >= 0.3 is 5.97 Å². The monoisotopic (exact) mass is 392 g/mol. The maximum atomic E-state index is 12.6. The van der Waals surface area contributed by atoms with Crippen LogP contribution in [0.3, 0.4) is 0 Å². The Bertz CT molecular complexity index is 838. The largest absolute Gasteiger partial charge is 0.449 e. The molecule has 0 aromatic heterocycles. The first-order valence-electron chi connectivity index (χ1n) is 10.0. The summed E-state index contributed by atoms with van der Waals surface area (Å²) < 4.78 is 5.30. The van der Waals surface area contributed by atoms with Crippen LogP contribution >= 0.6 is 0 Å². The van der Waals surface area contributed by atoms with Crippen molar-refractivity contribution in [3.8, 4) is 0 Å². The van der Waals surface area contributed by atoms with Crippen molar-refractivity contribution >= 4 is 18.0 Å². The average Bonchev–Trinajstić information content (AvgIpc) is 2.74. The molecule has 1 aliphatic rings. The number of ether oxygens (including phenoxy) is 1. The van der Waals surface area contributed by atoms with Gasteiger partial charge in [0.2, 0.25) is 0 Å². The summed E-state index contributed by atoms with van der Waals surface area (Å²) in [7, 11) is 0. The number of hydrogen-bond acceptors (Lipinski definition) is 4. The van der Waals surface area contributed by atoms with E-state index in [-0.39, 0.29) is 5.91 Å². The van der Waals surface area contributed by atoms with Crippen LogP contribution < -0.4 is 0 Å². The molecular formula is C24H28N2O3. The molecule has 1 fully saturated rings. The molecule has 0 N–H and O–H groups in total. The molecule has 0 aliphatic carbocycles. The number of rotatable bonds is 6. The molecule has 3 rings (SSSR count). The van der Waals surface area contributed by atoms with Crippen molar-refractivity contribution in [2.24, 2.45) is 0 Å². The van der Waals surface area contributed by atoms with Gasteiger partial charge in [-0.05, 0) is 31.1 Å². The van der Waals surface area contributed by atoms with Crippen LogP contribution in [0.1, 0.15) is 23.6 Å². The molecule has 0 spiro atoms. The second kappa shape index (κ2) is 10.0. The average molecular weight is 392 g/mol. The van der Waals surface area contributed by atoms with Gasteiger partial charge in [0, 0.05) is 38.8 Å². The van der Waals surface area contributed by atoms with Gasteiger partial charge in [0.15, 0.2) is 6.10 Å². The highest BCUT2D eigenvalue weighted by molar-refractivity contribution is 5.90. The van der Waals surface area contributed by atoms with Gasteiger partial charge in [-0.2, -0.15) is 0 Å². The third-order valence-electron chi connectivity index (χ3n) is 5.06. The molecule has 1 amide bonds. The SMILES string of the molecule is Cc1ccc(/C=C/C(=O)OC(C)C(=O)N2CCN(Cc3ccccc3)CC2)cc1. The topological polar surface area (TPSA) is 49.9 Å². The summed E-state index contributed by atoms with van der Waals surface area (Å²) in [6.07, 6.45) is 2.28. The van der Waals surface area contributed by atoms with Crippen LogP contribution in [0.2, 0.25) is 0 Å². The molecule has 2 aromatic rings. The van der Waals surface area contributed by atoms with Gasteiger partial charge in [0.05, 0.1) is 0 Å². The fourth-order valence-corrected chi connectivity index (χ4v) is 3.33. The number of carbonyl (C=O) groups is 2. The zero-order valence-electron chi connectivity index (χ0n) is 17.1. The normalized spacial score (nSPS) is 16.0. The molecule has 5 nitrogen and oxygen atoms in total. The summed E-state index contributed by atoms with van der Waals surface area (Å²) in [6, 6.07) is 18.1. The van der Waals surface area contributed by atoms with Crippen molar-refractivity contribution < 1.29 is 14.3 Å². The van der Waals surface area contributed by atoms with Crippen LogP contribution in [0.5, 0.6) is 0 Å². The Balaban J connectivity index is 1.44. The third kappa shape index (κ3) is 6.29. The van der Waals surface area contributed by atoms with E-state index in [1.807, 2.05) is 49.4 Å². The summed E-state index contributed by atoms with van der Waals surface area (Å²) in [5.74, 6) is -0.643. The van der Waals surface area contributed by atoms with E-state index in [1.54, 1.807) is 17.9 Å². The summed E-state index contributed by atoms with van der Waals surface area (Å²) >= 11 is 0. The second-order valence-electron chi connectivity index (χ2n) is 7.41. The number of aryl methyl sites for hydroxylation is 1. The molecule has 0 radical (unpaired) electrons. The summed E-state index contributed by atoms with van der Waals surface area (Å²) in [5, 5.41) is 0. The molecular weight excluding hydrogens is 364 g/mol. The second-order valence-corrected chi connectivity index (χ2v) is 7.41. The van der Waals surface area contributed by atoms with E-state index in [9.17, 15) is 9.59 Å². The highest BCUT2D eigenvalue weighted by atomic mass is 16.5. The van der Waals surface area contributed by atoms with Crippen LogP contribution in [0.15, 0.2) is 60.7 Å². The Hall–Kier alpha value is -2.92. The van der Waals surface area contributed by atoms with Gasteiger partial charge in [0.1, 0.15) is 0 Å². The predicted octanol–water partition coefficient (Wildman–Crippen LogP) is 3.28. The third-order valence-corrected chi connectivity index (χ3v) is 5.06. The summed E-state index contributed by atoms with van der Waals surface area (Å²) in [6.45, 7) is 7.45. The number of amides is 1. The number of hydrogen-bond donors (Lipinski definition) is 0. The quantitative estimate of drug-likeness (QED) is 0.559. The van der Waals surface area contributed by atoms with Gasteiger partial charge < -0.3 is 9.64 Å². The molecule has 5 heteroatoms. The predicted molar refractivity (Wildman–Crippen MR) is 114 cm³/mol. The molecule has 1 unspecified atom stereocenters. The minimum absolute atomic E-state index is 0.138. The lowest BCUT2D eigenvalue weighted by Crippen LogP contribution is -2.51. The molecule has 1 heterocycles. The highest BCUT2D eigenvalue weighted by Crippen LogP contribution is 2.11. The van der Waals surface area contributed by atoms with E-state index < -0.39 is 12.1 Å². The minimum Gasteiger partial charge on any atom is -0.449 e. The fourth-order valence-electron chi connectivity index (χ4n) is 3.33. The number of benzene rings is 2. The van der Waals surface area contributed by atoms with Crippen molar-refractivity contribution in [1.82, 2.24) is 9.80 Å². The zero-order valence-corrected chi connectivity index (χ0v) is 17.1. The van der Waals surface area contributed by atoms with Gasteiger partial charge in [-0.15, -0.1) is 0 Å². The Morgan fingerprint density at radius 1 is 1.00 bits per heavy atom. The lowest BCUT2D eigenvalue weighted by molar-refractivity contribution is -0.156. The molecule has 0 saturated carbocycles. The Labute approximate surface area is 172 Å². The minimum atomic E-state index is -0.786. The first-order chi connectivity index (χ1) is 14.0. The highest BCUT2D eigenvalue weighted by Gasteiger charge is 2.26. The van der Waals surface area contributed by atoms with Gasteiger partial charge in [-0.1, -0.05) is 60.2 Å². The molecule has 2 aromatic carbocycles. The molecule has 1 saturated heterocycles. The molecule has 29 heavy (non-hydrogen) atoms. The Kier molecular flexibility index (Phi) is 7.19. The fraction of sp³-hybridized carbons (Fsp3) is 0.333. The van der Waals surface area contributed by atoms with Gasteiger partial charge in [-0.3, -0.25) is 9.69 Å². The first-order valence-corrected chi connectivity index (χ1v) is 10.0. The van der Waals surface area contributed by atoms with Crippen molar-refractivity contribution in [2.45, 2.75) is 26.5 Å². The van der Waals surface area contributed by atoms with Crippen LogP contribution in [-0.4, -0.2) is 54.0 Å². The van der Waals surface area contributed by atoms with E-state index in [1.165, 1.54) is 11.6 Å². The van der Waals surface area contributed by atoms with Crippen LogP contribution in [-0.2, 0) is 20.9 Å². The standard InChI is InChI=1S/C24H28N2O3/c1-19-8-10-21(11-9-19)12-13-23(27)29-20(2)24(28)26-16-14-25(15-17-26)18-22-6-4-3-5-7-22/h3-13,20H,14-18H2,1-2H3/b13-12+. The van der Waals surface area contributed by atoms with Crippen LogP contribution in [0.25, 0.3) is 6.08 Å². The van der Waals surface area contributed by atoms with E-state index in [4.69, 9.17) is 4.74 Å². The zero-order chi connectivity index (χ0) is 20.6. The van der Waals surface area contributed by atoms with Gasteiger partial charge in [-0.25, -0.2) is 4.79 Å². The summed E-state index contributed by atoms with van der Waals surface area (Å²) in [4.78, 5) is 28.8. The lowest BCUT2D eigenvalue weighted by atomic mass is 10.1. The number of carbonyl (C=O) groups excluding carboxylic acids is 2. The number of nitrogens with zero attached hydrogens (tertiary/aromatic N) is 2. The van der Waals surface area contributed by atoms with Crippen molar-refractivity contribution in [3.63, 3.8) is 0 Å². The van der Waals surface area contributed by atoms with Crippen molar-refractivity contribution in [3.05, 3.63) is 77.4 Å². The first kappa shape index (κ1) is 20.8. The Morgan fingerprint density at radius 2 is 1.66 bits per heavy atom. The number of esters is 1. The van der Waals surface area contributed by atoms with Crippen molar-refractivity contribution in [1.29, 1.82) is 0 Å². The molecule has 0 bridgehead atoms. The summed E-state index contributed by atoms with van der Waals surface area (Å²) in [5.41, 5.74) is 3.35. The van der Waals surface area contributed by atoms with E-state index in [2.05, 4.69) is 17.0 Å². The van der Waals surface area contributed by atoms with E-state index in [0.29, 0.717) is 13.1 Å². The maximum absolute atomic E-state index is 12.6. The number of piperazine rings is 1. The van der Waals surface area contributed by atoms with E-state index >= 15 is 0 Å². The van der Waals surface area contributed by atoms with Crippen LogP contribution in [0.4, 0.5) is 0 Å². The molecule has 152 valence electrons. The lowest BCUT2D eigenvalue weighted by Gasteiger charge is -2.35. The molecule has 1 aliphatic heterocycles. The van der Waals surface area contributed by atoms with Crippen molar-refractivity contribution in [2.75, 3.05) is 26.2 Å². The Morgan fingerprint density at radius 3 is 2.31 bits per heavy atom. The maximum Gasteiger partial charge on any atom is 0.331 e. The molecule has 1 atom stereocenters. The smallest absolute Gasteiger partial charge is 0.331 e. The van der Waals surface area contributed by atoms with Gasteiger partial charge in [0.25, 0.3) is 5.91 Å². The van der Waals surface area contributed by atoms with E-state index in [0.717, 1.165) is 30.8 Å². The van der Waals surface area contributed by atoms with Crippen LogP contribution in [0, 0.1) is 6.92 Å².